The number of Topliss-reactive ketones (excluding diaryl/α,β-unsaturated/α-hetero) is 1. The number of amides is 4. The molecule has 0 aromatic heterocycles. The molecular formula is C28H46N4O7. The number of alkyl carbamates (subject to hydrolysis) is 1. The zero-order chi connectivity index (χ0) is 29.1. The fraction of sp³-hybridized carbons (Fsp3) is 0.821. The van der Waals surface area contributed by atoms with Crippen molar-refractivity contribution in [2.45, 2.75) is 116 Å². The van der Waals surface area contributed by atoms with Crippen LogP contribution in [0.2, 0.25) is 0 Å². The van der Waals surface area contributed by atoms with Crippen LogP contribution in [0.15, 0.2) is 0 Å². The first-order chi connectivity index (χ1) is 18.1. The maximum atomic E-state index is 14.0. The van der Waals surface area contributed by atoms with Crippen LogP contribution < -0.4 is 16.4 Å². The number of piperidine rings is 1. The molecule has 39 heavy (non-hydrogen) atoms. The Morgan fingerprint density at radius 2 is 1.69 bits per heavy atom. The lowest BCUT2D eigenvalue weighted by Gasteiger charge is -2.35. The van der Waals surface area contributed by atoms with Crippen molar-refractivity contribution >= 4 is 29.6 Å². The molecule has 2 saturated heterocycles. The summed E-state index contributed by atoms with van der Waals surface area (Å²) >= 11 is 0. The number of primary amides is 1. The molecule has 0 spiro atoms. The van der Waals surface area contributed by atoms with Crippen molar-refractivity contribution in [3.8, 4) is 0 Å². The highest BCUT2D eigenvalue weighted by Crippen LogP contribution is 2.65. The van der Waals surface area contributed by atoms with Crippen LogP contribution in [0.1, 0.15) is 86.5 Å². The Labute approximate surface area is 231 Å². The molecule has 0 aromatic carbocycles. The second-order valence-electron chi connectivity index (χ2n) is 12.8. The summed E-state index contributed by atoms with van der Waals surface area (Å²) in [5.41, 5.74) is 4.35. The molecule has 6 atom stereocenters. The zero-order valence-electron chi connectivity index (χ0n) is 24.2. The summed E-state index contributed by atoms with van der Waals surface area (Å²) in [6.45, 7) is 11.8. The lowest BCUT2D eigenvalue weighted by atomic mass is 9.97. The smallest absolute Gasteiger partial charge is 0.408 e. The van der Waals surface area contributed by atoms with Crippen LogP contribution >= 0.6 is 0 Å². The number of hydrogen-bond acceptors (Lipinski definition) is 7. The predicted molar refractivity (Wildman–Crippen MR) is 143 cm³/mol. The van der Waals surface area contributed by atoms with Crippen molar-refractivity contribution in [3.63, 3.8) is 0 Å². The van der Waals surface area contributed by atoms with Crippen LogP contribution in [0, 0.1) is 17.3 Å². The summed E-state index contributed by atoms with van der Waals surface area (Å²) in [5.74, 6) is -2.90. The van der Waals surface area contributed by atoms with Crippen molar-refractivity contribution in [1.29, 1.82) is 0 Å². The van der Waals surface area contributed by atoms with Gasteiger partial charge in [0.2, 0.25) is 17.6 Å². The van der Waals surface area contributed by atoms with Crippen LogP contribution in [0.3, 0.4) is 0 Å². The SMILES string of the molecule is CC1OCCCCCCCC[C@@H](C(=O)C(N)=O)NC(=O)[C@@H]2C3C(CN2C(=O)[C@H]1NC(=O)OC(C)(C)C)C3(C)C. The second-order valence-corrected chi connectivity index (χ2v) is 12.8. The first kappa shape index (κ1) is 30.8. The molecule has 220 valence electrons. The topological polar surface area (TPSA) is 157 Å². The van der Waals surface area contributed by atoms with E-state index in [9.17, 15) is 24.0 Å². The molecule has 4 N–H and O–H groups in total. The van der Waals surface area contributed by atoms with Gasteiger partial charge in [0.1, 0.15) is 17.7 Å². The first-order valence-corrected chi connectivity index (χ1v) is 14.2. The third-order valence-corrected chi connectivity index (χ3v) is 8.31. The minimum Gasteiger partial charge on any atom is -0.444 e. The Kier molecular flexibility index (Phi) is 9.67. The Morgan fingerprint density at radius 1 is 1.08 bits per heavy atom. The third-order valence-electron chi connectivity index (χ3n) is 8.31. The number of carbonyl (C=O) groups is 5. The van der Waals surface area contributed by atoms with Gasteiger partial charge in [-0.1, -0.05) is 46.0 Å². The standard InChI is InChI=1S/C28H46N4O7/c1-16-20(31-26(37)39-27(2,3)4)25(36)32-15-17-19(28(17,5)6)21(32)24(35)30-18(22(33)23(29)34)13-11-9-7-8-10-12-14-38-16/h16-21H,7-15H2,1-6H3,(H2,29,34)(H,30,35)(H,31,37)/t16?,17?,18-,19?,20-,21-/m0/s1. The van der Waals surface area contributed by atoms with E-state index in [-0.39, 0.29) is 17.3 Å². The monoisotopic (exact) mass is 550 g/mol. The van der Waals surface area contributed by atoms with E-state index < -0.39 is 59.4 Å². The van der Waals surface area contributed by atoms with Crippen molar-refractivity contribution in [2.24, 2.45) is 23.0 Å². The van der Waals surface area contributed by atoms with E-state index in [0.717, 1.165) is 32.1 Å². The van der Waals surface area contributed by atoms with Gasteiger partial charge in [0.05, 0.1) is 12.1 Å². The van der Waals surface area contributed by atoms with Crippen molar-refractivity contribution < 1.29 is 33.4 Å². The van der Waals surface area contributed by atoms with E-state index in [1.807, 2.05) is 13.8 Å². The number of nitrogens with zero attached hydrogens (tertiary/aromatic N) is 1. The molecule has 1 saturated carbocycles. The highest BCUT2D eigenvalue weighted by Gasteiger charge is 2.69. The molecule has 3 aliphatic rings. The Bertz CT molecular complexity index is 960. The van der Waals surface area contributed by atoms with Crippen molar-refractivity contribution in [1.82, 2.24) is 15.5 Å². The molecule has 11 nitrogen and oxygen atoms in total. The molecule has 3 rings (SSSR count). The Morgan fingerprint density at radius 3 is 2.31 bits per heavy atom. The van der Waals surface area contributed by atoms with Gasteiger partial charge < -0.3 is 30.7 Å². The van der Waals surface area contributed by atoms with Gasteiger partial charge in [-0.05, 0) is 57.8 Å². The molecule has 2 heterocycles. The number of fused-ring (bicyclic) bond motifs is 3. The molecule has 11 heteroatoms. The number of nitrogens with two attached hydrogens (primary N) is 1. The van der Waals surface area contributed by atoms with E-state index in [0.29, 0.717) is 26.0 Å². The molecule has 3 unspecified atom stereocenters. The van der Waals surface area contributed by atoms with Gasteiger partial charge >= 0.3 is 6.09 Å². The van der Waals surface area contributed by atoms with E-state index in [2.05, 4.69) is 10.6 Å². The molecular weight excluding hydrogens is 504 g/mol. The van der Waals surface area contributed by atoms with Crippen LogP contribution in [0.4, 0.5) is 4.79 Å². The van der Waals surface area contributed by atoms with Crippen LogP contribution in [-0.2, 0) is 28.7 Å². The van der Waals surface area contributed by atoms with E-state index in [1.54, 1.807) is 27.7 Å². The molecule has 3 fully saturated rings. The number of rotatable bonds is 3. The molecule has 1 aliphatic carbocycles. The average molecular weight is 551 g/mol. The lowest BCUT2D eigenvalue weighted by Crippen LogP contribution is -2.60. The summed E-state index contributed by atoms with van der Waals surface area (Å²) < 4.78 is 11.4. The van der Waals surface area contributed by atoms with Gasteiger partial charge in [-0.2, -0.15) is 0 Å². The maximum Gasteiger partial charge on any atom is 0.408 e. The quantitative estimate of drug-likeness (QED) is 0.454. The van der Waals surface area contributed by atoms with Crippen LogP contribution in [0.5, 0.6) is 0 Å². The summed E-state index contributed by atoms with van der Waals surface area (Å²) in [6.07, 6.45) is 4.02. The molecule has 0 aromatic rings. The molecule has 0 radical (unpaired) electrons. The van der Waals surface area contributed by atoms with Crippen LogP contribution in [0.25, 0.3) is 0 Å². The summed E-state index contributed by atoms with van der Waals surface area (Å²) in [5, 5.41) is 5.43. The Hall–Kier alpha value is -2.69. The summed E-state index contributed by atoms with van der Waals surface area (Å²) in [6, 6.07) is -2.97. The minimum absolute atomic E-state index is 0.0893. The van der Waals surface area contributed by atoms with Gasteiger partial charge in [0.15, 0.2) is 0 Å². The third kappa shape index (κ3) is 7.49. The molecule has 2 aliphatic heterocycles. The normalized spacial score (nSPS) is 32.2. The van der Waals surface area contributed by atoms with Crippen LogP contribution in [-0.4, -0.2) is 77.5 Å². The van der Waals surface area contributed by atoms with Gasteiger partial charge in [-0.25, -0.2) is 4.79 Å². The van der Waals surface area contributed by atoms with E-state index >= 15 is 0 Å². The maximum absolute atomic E-state index is 14.0. The number of carbonyl (C=O) groups excluding carboxylic acids is 5. The largest absolute Gasteiger partial charge is 0.444 e. The average Bonchev–Trinajstić information content (AvgIpc) is 3.15. The fourth-order valence-electron chi connectivity index (χ4n) is 6.03. The number of ether oxygens (including phenoxy) is 2. The first-order valence-electron chi connectivity index (χ1n) is 14.2. The number of hydrogen-bond donors (Lipinski definition) is 3. The highest BCUT2D eigenvalue weighted by molar-refractivity contribution is 6.37. The highest BCUT2D eigenvalue weighted by atomic mass is 16.6. The fourth-order valence-corrected chi connectivity index (χ4v) is 6.03. The van der Waals surface area contributed by atoms with Crippen molar-refractivity contribution in [3.05, 3.63) is 0 Å². The minimum atomic E-state index is -1.09. The zero-order valence-corrected chi connectivity index (χ0v) is 24.2. The van der Waals surface area contributed by atoms with Gasteiger partial charge in [0.25, 0.3) is 5.91 Å². The van der Waals surface area contributed by atoms with Gasteiger partial charge in [-0.3, -0.25) is 19.2 Å². The van der Waals surface area contributed by atoms with Crippen molar-refractivity contribution in [2.75, 3.05) is 13.2 Å². The van der Waals surface area contributed by atoms with Gasteiger partial charge in [0, 0.05) is 13.2 Å². The summed E-state index contributed by atoms with van der Waals surface area (Å²) in [7, 11) is 0. The number of ketones is 1. The predicted octanol–water partition coefficient (Wildman–Crippen LogP) is 2.05. The van der Waals surface area contributed by atoms with Gasteiger partial charge in [-0.15, -0.1) is 0 Å². The van der Waals surface area contributed by atoms with E-state index in [4.69, 9.17) is 15.2 Å². The summed E-state index contributed by atoms with van der Waals surface area (Å²) in [4.78, 5) is 66.2. The number of nitrogens with one attached hydrogen (secondary N) is 2. The molecule has 0 bridgehead atoms. The Balaban J connectivity index is 1.91. The second kappa shape index (κ2) is 12.2. The lowest BCUT2D eigenvalue weighted by molar-refractivity contribution is -0.146. The van der Waals surface area contributed by atoms with E-state index in [1.165, 1.54) is 4.90 Å². The molecule has 4 amide bonds.